The molecule has 0 aliphatic carbocycles. The van der Waals surface area contributed by atoms with E-state index in [4.69, 9.17) is 16.3 Å². The Morgan fingerprint density at radius 1 is 1.46 bits per heavy atom. The number of hydrogen-bond donors (Lipinski definition) is 2. The van der Waals surface area contributed by atoms with Crippen LogP contribution in [0.3, 0.4) is 0 Å². The van der Waals surface area contributed by atoms with E-state index in [-0.39, 0.29) is 11.9 Å². The van der Waals surface area contributed by atoms with E-state index in [0.717, 1.165) is 25.2 Å². The van der Waals surface area contributed by atoms with E-state index in [1.54, 1.807) is 31.5 Å². The third kappa shape index (κ3) is 4.72. The van der Waals surface area contributed by atoms with Crippen molar-refractivity contribution in [3.8, 4) is 5.75 Å². The summed E-state index contributed by atoms with van der Waals surface area (Å²) in [5.41, 5.74) is 1.76. The highest BCUT2D eigenvalue weighted by atomic mass is 35.5. The lowest BCUT2D eigenvalue weighted by Gasteiger charge is -2.36. The fourth-order valence-electron chi connectivity index (χ4n) is 3.15. The lowest BCUT2D eigenvalue weighted by molar-refractivity contribution is -0.116. The summed E-state index contributed by atoms with van der Waals surface area (Å²) < 4.78 is 5.27. The van der Waals surface area contributed by atoms with Gasteiger partial charge < -0.3 is 15.4 Å². The summed E-state index contributed by atoms with van der Waals surface area (Å²) in [4.78, 5) is 18.9. The first-order chi connectivity index (χ1) is 12.7. The summed E-state index contributed by atoms with van der Waals surface area (Å²) in [6, 6.07) is 9.42. The third-order valence-electron chi connectivity index (χ3n) is 4.49. The van der Waals surface area contributed by atoms with Gasteiger partial charge in [-0.2, -0.15) is 0 Å². The SMILES string of the molecule is COc1ccc(Cl)cc1NC(=O)CCN1CCNCC1c1cccnc1. The van der Waals surface area contributed by atoms with Crippen molar-refractivity contribution in [3.05, 3.63) is 53.3 Å². The van der Waals surface area contributed by atoms with Crippen LogP contribution in [0.15, 0.2) is 42.7 Å². The Bertz CT molecular complexity index is 742. The molecule has 1 aliphatic heterocycles. The van der Waals surface area contributed by atoms with E-state index in [1.165, 1.54) is 0 Å². The number of carbonyl (C=O) groups is 1. The van der Waals surface area contributed by atoms with E-state index in [2.05, 4.69) is 26.6 Å². The highest BCUT2D eigenvalue weighted by Gasteiger charge is 2.24. The van der Waals surface area contributed by atoms with Crippen molar-refractivity contribution in [2.75, 3.05) is 38.6 Å². The zero-order chi connectivity index (χ0) is 18.4. The smallest absolute Gasteiger partial charge is 0.225 e. The summed E-state index contributed by atoms with van der Waals surface area (Å²) in [5.74, 6) is 0.534. The number of halogens is 1. The van der Waals surface area contributed by atoms with Crippen molar-refractivity contribution in [1.82, 2.24) is 15.2 Å². The molecule has 1 unspecified atom stereocenters. The normalized spacial score (nSPS) is 17.7. The van der Waals surface area contributed by atoms with Crippen LogP contribution in [-0.2, 0) is 4.79 Å². The zero-order valence-corrected chi connectivity index (χ0v) is 15.5. The topological polar surface area (TPSA) is 66.5 Å². The van der Waals surface area contributed by atoms with Crippen molar-refractivity contribution >= 4 is 23.2 Å². The first-order valence-electron chi connectivity index (χ1n) is 8.65. The van der Waals surface area contributed by atoms with Crippen molar-refractivity contribution < 1.29 is 9.53 Å². The van der Waals surface area contributed by atoms with E-state index in [9.17, 15) is 4.79 Å². The van der Waals surface area contributed by atoms with E-state index >= 15 is 0 Å². The third-order valence-corrected chi connectivity index (χ3v) is 4.72. The second-order valence-corrected chi connectivity index (χ2v) is 6.62. The van der Waals surface area contributed by atoms with Crippen LogP contribution < -0.4 is 15.4 Å². The van der Waals surface area contributed by atoms with Gasteiger partial charge in [-0.05, 0) is 29.8 Å². The molecule has 6 nitrogen and oxygen atoms in total. The molecule has 2 aromatic rings. The molecule has 7 heteroatoms. The minimum absolute atomic E-state index is 0.0611. The number of rotatable bonds is 6. The molecule has 1 aromatic carbocycles. The predicted octanol–water partition coefficient (Wildman–Crippen LogP) is 2.72. The molecule has 3 rings (SSSR count). The van der Waals surface area contributed by atoms with Gasteiger partial charge in [0.2, 0.25) is 5.91 Å². The molecular formula is C19H23ClN4O2. The summed E-state index contributed by atoms with van der Waals surface area (Å²) in [7, 11) is 1.57. The quantitative estimate of drug-likeness (QED) is 0.813. The number of nitrogens with one attached hydrogen (secondary N) is 2. The fourth-order valence-corrected chi connectivity index (χ4v) is 3.32. The number of carbonyl (C=O) groups excluding carboxylic acids is 1. The average molecular weight is 375 g/mol. The molecule has 0 saturated carbocycles. The van der Waals surface area contributed by atoms with Crippen molar-refractivity contribution in [2.45, 2.75) is 12.5 Å². The first kappa shape index (κ1) is 18.6. The van der Waals surface area contributed by atoms with Crippen molar-refractivity contribution in [1.29, 1.82) is 0 Å². The molecule has 1 amide bonds. The summed E-state index contributed by atoms with van der Waals surface area (Å²) >= 11 is 6.02. The van der Waals surface area contributed by atoms with Crippen LogP contribution >= 0.6 is 11.6 Å². The molecule has 2 heterocycles. The Morgan fingerprint density at radius 3 is 3.12 bits per heavy atom. The van der Waals surface area contributed by atoms with E-state index < -0.39 is 0 Å². The second-order valence-electron chi connectivity index (χ2n) is 6.19. The number of methoxy groups -OCH3 is 1. The number of piperazine rings is 1. The molecule has 0 bridgehead atoms. The molecule has 138 valence electrons. The molecule has 2 N–H and O–H groups in total. The summed E-state index contributed by atoms with van der Waals surface area (Å²) in [6.45, 7) is 3.35. The Kier molecular flexibility index (Phi) is 6.44. The molecule has 1 aliphatic rings. The molecule has 1 aromatic heterocycles. The monoisotopic (exact) mass is 374 g/mol. The van der Waals surface area contributed by atoms with Crippen molar-refractivity contribution in [2.24, 2.45) is 0 Å². The number of amides is 1. The number of aromatic nitrogens is 1. The maximum absolute atomic E-state index is 12.4. The van der Waals surface area contributed by atoms with Gasteiger partial charge in [-0.25, -0.2) is 0 Å². The standard InChI is InChI=1S/C19H23ClN4O2/c1-26-18-5-4-15(20)11-16(18)23-19(25)6-9-24-10-8-22-13-17(24)14-3-2-7-21-12-14/h2-5,7,11-12,17,22H,6,8-10,13H2,1H3,(H,23,25). The lowest BCUT2D eigenvalue weighted by Crippen LogP contribution is -2.46. The van der Waals surface area contributed by atoms with Crippen LogP contribution in [0.25, 0.3) is 0 Å². The first-order valence-corrected chi connectivity index (χ1v) is 9.03. The molecule has 1 saturated heterocycles. The summed E-state index contributed by atoms with van der Waals surface area (Å²) in [5, 5.41) is 6.86. The van der Waals surface area contributed by atoms with Crippen LogP contribution in [-0.4, -0.2) is 49.1 Å². The van der Waals surface area contributed by atoms with Crippen LogP contribution in [0, 0.1) is 0 Å². The van der Waals surface area contributed by atoms with E-state index in [1.807, 2.05) is 12.3 Å². The number of ether oxygens (including phenoxy) is 1. The van der Waals surface area contributed by atoms with Crippen LogP contribution in [0.4, 0.5) is 5.69 Å². The van der Waals surface area contributed by atoms with Crippen LogP contribution in [0.5, 0.6) is 5.75 Å². The second kappa shape index (κ2) is 8.98. The fraction of sp³-hybridized carbons (Fsp3) is 0.368. The highest BCUT2D eigenvalue weighted by Crippen LogP contribution is 2.28. The molecule has 0 radical (unpaired) electrons. The predicted molar refractivity (Wildman–Crippen MR) is 103 cm³/mol. The van der Waals surface area contributed by atoms with Gasteiger partial charge in [0, 0.05) is 56.1 Å². The largest absolute Gasteiger partial charge is 0.495 e. The number of pyridine rings is 1. The van der Waals surface area contributed by atoms with Gasteiger partial charge in [-0.3, -0.25) is 14.7 Å². The van der Waals surface area contributed by atoms with Gasteiger partial charge in [0.1, 0.15) is 5.75 Å². The number of anilines is 1. The van der Waals surface area contributed by atoms with Crippen molar-refractivity contribution in [3.63, 3.8) is 0 Å². The van der Waals surface area contributed by atoms with Gasteiger partial charge in [0.25, 0.3) is 0 Å². The molecule has 1 atom stereocenters. The van der Waals surface area contributed by atoms with Gasteiger partial charge in [0.05, 0.1) is 12.8 Å². The maximum atomic E-state index is 12.4. The number of benzene rings is 1. The van der Waals surface area contributed by atoms with Gasteiger partial charge in [-0.1, -0.05) is 17.7 Å². The van der Waals surface area contributed by atoms with Gasteiger partial charge in [-0.15, -0.1) is 0 Å². The van der Waals surface area contributed by atoms with E-state index in [0.29, 0.717) is 29.4 Å². The minimum atomic E-state index is -0.0611. The zero-order valence-electron chi connectivity index (χ0n) is 14.7. The average Bonchev–Trinajstić information content (AvgIpc) is 2.67. The Balaban J connectivity index is 1.60. The van der Waals surface area contributed by atoms with Crippen LogP contribution in [0.2, 0.25) is 5.02 Å². The molecule has 0 spiro atoms. The number of hydrogen-bond acceptors (Lipinski definition) is 5. The lowest BCUT2D eigenvalue weighted by atomic mass is 10.1. The molecule has 1 fully saturated rings. The Labute approximate surface area is 158 Å². The molecule has 26 heavy (non-hydrogen) atoms. The van der Waals surface area contributed by atoms with Gasteiger partial charge >= 0.3 is 0 Å². The van der Waals surface area contributed by atoms with Crippen LogP contribution in [0.1, 0.15) is 18.0 Å². The molecular weight excluding hydrogens is 352 g/mol. The summed E-state index contributed by atoms with van der Waals surface area (Å²) in [6.07, 6.45) is 4.06. The minimum Gasteiger partial charge on any atom is -0.495 e. The Hall–Kier alpha value is -2.15. The maximum Gasteiger partial charge on any atom is 0.225 e. The Morgan fingerprint density at radius 2 is 2.35 bits per heavy atom. The highest BCUT2D eigenvalue weighted by molar-refractivity contribution is 6.31. The number of nitrogens with zero attached hydrogens (tertiary/aromatic N) is 2. The van der Waals surface area contributed by atoms with Gasteiger partial charge in [0.15, 0.2) is 0 Å².